The van der Waals surface area contributed by atoms with Gasteiger partial charge < -0.3 is 15.5 Å². The Hall–Kier alpha value is -2.19. The highest BCUT2D eigenvalue weighted by Crippen LogP contribution is 2.26. The molecule has 0 fully saturated rings. The number of halogens is 1. The lowest BCUT2D eigenvalue weighted by Gasteiger charge is -2.10. The van der Waals surface area contributed by atoms with Crippen molar-refractivity contribution < 1.29 is 14.5 Å². The predicted octanol–water partition coefficient (Wildman–Crippen LogP) is 0.865. The first-order valence-electron chi connectivity index (χ1n) is 5.99. The van der Waals surface area contributed by atoms with Gasteiger partial charge in [0.25, 0.3) is 5.69 Å². The molecule has 0 saturated carbocycles. The number of carbonyl (C=O) groups excluding carboxylic acids is 2. The van der Waals surface area contributed by atoms with E-state index in [4.69, 9.17) is 11.6 Å². The topological polar surface area (TPSA) is 105 Å². The summed E-state index contributed by atoms with van der Waals surface area (Å²) in [5.74, 6) is -1.77. The first kappa shape index (κ1) is 16.9. The van der Waals surface area contributed by atoms with E-state index in [1.54, 1.807) is 0 Å². The molecule has 0 atom stereocenters. The third-order valence-corrected chi connectivity index (χ3v) is 2.79. The maximum Gasteiger partial charge on any atom is 0.313 e. The zero-order valence-electron chi connectivity index (χ0n) is 11.6. The van der Waals surface area contributed by atoms with Crippen molar-refractivity contribution >= 4 is 34.8 Å². The molecule has 0 saturated heterocycles. The van der Waals surface area contributed by atoms with E-state index in [0.717, 1.165) is 6.07 Å². The summed E-state index contributed by atoms with van der Waals surface area (Å²) in [7, 11) is 3.66. The predicted molar refractivity (Wildman–Crippen MR) is 78.3 cm³/mol. The molecule has 0 aliphatic heterocycles. The van der Waals surface area contributed by atoms with Crippen molar-refractivity contribution in [2.24, 2.45) is 0 Å². The number of non-ortho nitro benzene ring substituents is 1. The second-order valence-electron chi connectivity index (χ2n) is 4.43. The number of amides is 2. The minimum atomic E-state index is -0.934. The molecule has 8 nitrogen and oxygen atoms in total. The van der Waals surface area contributed by atoms with E-state index >= 15 is 0 Å². The molecule has 0 heterocycles. The van der Waals surface area contributed by atoms with Crippen molar-refractivity contribution in [2.45, 2.75) is 0 Å². The summed E-state index contributed by atoms with van der Waals surface area (Å²) in [6.45, 7) is 0.887. The second-order valence-corrected chi connectivity index (χ2v) is 4.84. The van der Waals surface area contributed by atoms with E-state index in [0.29, 0.717) is 13.1 Å². The first-order valence-corrected chi connectivity index (χ1v) is 6.37. The van der Waals surface area contributed by atoms with Gasteiger partial charge in [-0.25, -0.2) is 0 Å². The van der Waals surface area contributed by atoms with Gasteiger partial charge in [-0.05, 0) is 20.2 Å². The number of benzene rings is 1. The zero-order valence-corrected chi connectivity index (χ0v) is 12.3. The van der Waals surface area contributed by atoms with Crippen LogP contribution in [0.2, 0.25) is 5.02 Å². The van der Waals surface area contributed by atoms with Crippen LogP contribution in [0.25, 0.3) is 0 Å². The number of likely N-dealkylation sites (N-methyl/N-ethyl adjacent to an activating group) is 1. The van der Waals surface area contributed by atoms with Crippen LogP contribution in [0, 0.1) is 10.1 Å². The summed E-state index contributed by atoms with van der Waals surface area (Å²) in [4.78, 5) is 35.1. The number of hydrogen-bond acceptors (Lipinski definition) is 5. The summed E-state index contributed by atoms with van der Waals surface area (Å²) in [5.41, 5.74) is -0.221. The van der Waals surface area contributed by atoms with Gasteiger partial charge in [-0.15, -0.1) is 0 Å². The quantitative estimate of drug-likeness (QED) is 0.476. The molecule has 2 N–H and O–H groups in total. The van der Waals surface area contributed by atoms with E-state index in [-0.39, 0.29) is 16.4 Å². The molecule has 9 heteroatoms. The van der Waals surface area contributed by atoms with Gasteiger partial charge in [0.1, 0.15) is 0 Å². The number of nitro benzene ring substituents is 1. The fourth-order valence-corrected chi connectivity index (χ4v) is 1.54. The van der Waals surface area contributed by atoms with Crippen molar-refractivity contribution in [2.75, 3.05) is 32.5 Å². The Bertz CT molecular complexity index is 562. The smallest absolute Gasteiger partial charge is 0.313 e. The number of carbonyl (C=O) groups is 2. The maximum absolute atomic E-state index is 11.7. The van der Waals surface area contributed by atoms with Gasteiger partial charge >= 0.3 is 11.8 Å². The van der Waals surface area contributed by atoms with Gasteiger partial charge in [0.05, 0.1) is 15.6 Å². The molecule has 0 aliphatic carbocycles. The monoisotopic (exact) mass is 314 g/mol. The molecule has 1 rings (SSSR count). The van der Waals surface area contributed by atoms with Crippen LogP contribution in [0.15, 0.2) is 18.2 Å². The molecule has 1 aromatic carbocycles. The molecule has 2 amide bonds. The molecule has 0 bridgehead atoms. The zero-order chi connectivity index (χ0) is 16.0. The van der Waals surface area contributed by atoms with E-state index in [1.807, 2.05) is 19.0 Å². The Balaban J connectivity index is 2.67. The Labute approximate surface area is 126 Å². The highest BCUT2D eigenvalue weighted by Gasteiger charge is 2.17. The van der Waals surface area contributed by atoms with Crippen LogP contribution >= 0.6 is 11.6 Å². The van der Waals surface area contributed by atoms with Crippen LogP contribution in [-0.4, -0.2) is 48.8 Å². The van der Waals surface area contributed by atoms with Crippen LogP contribution in [-0.2, 0) is 9.59 Å². The number of nitrogens with zero attached hydrogens (tertiary/aromatic N) is 2. The highest BCUT2D eigenvalue weighted by atomic mass is 35.5. The van der Waals surface area contributed by atoms with Crippen molar-refractivity contribution in [3.63, 3.8) is 0 Å². The van der Waals surface area contributed by atoms with Gasteiger partial charge in [-0.2, -0.15) is 0 Å². The number of rotatable bonds is 5. The maximum atomic E-state index is 11.7. The molecule has 114 valence electrons. The van der Waals surface area contributed by atoms with Crippen molar-refractivity contribution in [3.05, 3.63) is 33.3 Å². The van der Waals surface area contributed by atoms with Crippen LogP contribution in [0.1, 0.15) is 0 Å². The first-order chi connectivity index (χ1) is 9.81. The fraction of sp³-hybridized carbons (Fsp3) is 0.333. The third kappa shape index (κ3) is 5.36. The molecular weight excluding hydrogens is 300 g/mol. The number of hydrogen-bond donors (Lipinski definition) is 2. The lowest BCUT2D eigenvalue weighted by atomic mass is 10.2. The van der Waals surface area contributed by atoms with Gasteiger partial charge in [0, 0.05) is 25.2 Å². The summed E-state index contributed by atoms with van der Waals surface area (Å²) in [6, 6.07) is 3.57. The van der Waals surface area contributed by atoms with Gasteiger partial charge in [0.2, 0.25) is 0 Å². The SMILES string of the molecule is CN(C)CCNC(=O)C(=O)Nc1cc([N+](=O)[O-])ccc1Cl. The molecule has 0 radical (unpaired) electrons. The van der Waals surface area contributed by atoms with Gasteiger partial charge in [0.15, 0.2) is 0 Å². The lowest BCUT2D eigenvalue weighted by molar-refractivity contribution is -0.384. The van der Waals surface area contributed by atoms with Crippen LogP contribution in [0.5, 0.6) is 0 Å². The average molecular weight is 315 g/mol. The van der Waals surface area contributed by atoms with Crippen LogP contribution in [0.4, 0.5) is 11.4 Å². The summed E-state index contributed by atoms with van der Waals surface area (Å²) in [5, 5.41) is 15.4. The molecule has 0 unspecified atom stereocenters. The number of nitro groups is 1. The minimum Gasteiger partial charge on any atom is -0.347 e. The number of nitrogens with one attached hydrogen (secondary N) is 2. The normalized spacial score (nSPS) is 10.3. The lowest BCUT2D eigenvalue weighted by Crippen LogP contribution is -2.38. The van der Waals surface area contributed by atoms with Gasteiger partial charge in [-0.1, -0.05) is 11.6 Å². The summed E-state index contributed by atoms with van der Waals surface area (Å²) < 4.78 is 0. The Morgan fingerprint density at radius 1 is 1.33 bits per heavy atom. The molecule has 0 spiro atoms. The summed E-state index contributed by atoms with van der Waals surface area (Å²) in [6.07, 6.45) is 0. The summed E-state index contributed by atoms with van der Waals surface area (Å²) >= 11 is 5.82. The van der Waals surface area contributed by atoms with Crippen molar-refractivity contribution in [1.82, 2.24) is 10.2 Å². The van der Waals surface area contributed by atoms with Crippen LogP contribution in [0.3, 0.4) is 0 Å². The number of anilines is 1. The minimum absolute atomic E-state index is 0.0126. The van der Waals surface area contributed by atoms with Crippen molar-refractivity contribution in [1.29, 1.82) is 0 Å². The largest absolute Gasteiger partial charge is 0.347 e. The Kier molecular flexibility index (Phi) is 6.07. The Morgan fingerprint density at radius 2 is 2.00 bits per heavy atom. The average Bonchev–Trinajstić information content (AvgIpc) is 2.40. The molecule has 0 aromatic heterocycles. The third-order valence-electron chi connectivity index (χ3n) is 2.46. The molecule has 21 heavy (non-hydrogen) atoms. The standard InChI is InChI=1S/C12H15ClN4O4/c1-16(2)6-5-14-11(18)12(19)15-10-7-8(17(20)21)3-4-9(10)13/h3-4,7H,5-6H2,1-2H3,(H,14,18)(H,15,19). The molecule has 1 aromatic rings. The van der Waals surface area contributed by atoms with Gasteiger partial charge in [-0.3, -0.25) is 19.7 Å². The highest BCUT2D eigenvalue weighted by molar-refractivity contribution is 6.41. The van der Waals surface area contributed by atoms with E-state index in [1.165, 1.54) is 12.1 Å². The van der Waals surface area contributed by atoms with E-state index < -0.39 is 16.7 Å². The molecular formula is C12H15ClN4O4. The molecule has 0 aliphatic rings. The van der Waals surface area contributed by atoms with E-state index in [2.05, 4.69) is 10.6 Å². The fourth-order valence-electron chi connectivity index (χ4n) is 1.38. The van der Waals surface area contributed by atoms with E-state index in [9.17, 15) is 19.7 Å². The van der Waals surface area contributed by atoms with Crippen molar-refractivity contribution in [3.8, 4) is 0 Å². The Morgan fingerprint density at radius 3 is 2.57 bits per heavy atom. The van der Waals surface area contributed by atoms with Crippen LogP contribution < -0.4 is 10.6 Å². The second kappa shape index (κ2) is 7.55.